The average molecular weight is 474 g/mol. The summed E-state index contributed by atoms with van der Waals surface area (Å²) in [6, 6.07) is 19.6. The van der Waals surface area contributed by atoms with Gasteiger partial charge in [0.2, 0.25) is 15.9 Å². The molecule has 0 aliphatic rings. The molecule has 170 valence electrons. The van der Waals surface area contributed by atoms with Gasteiger partial charge in [-0.1, -0.05) is 48.9 Å². The van der Waals surface area contributed by atoms with E-state index in [2.05, 4.69) is 0 Å². The second-order valence-electron chi connectivity index (χ2n) is 7.64. The summed E-state index contributed by atoms with van der Waals surface area (Å²) in [5.74, 6) is -0.249. The highest BCUT2D eigenvalue weighted by atomic mass is 35.5. The number of aryl methyl sites for hydroxylation is 1. The molecule has 0 aliphatic carbocycles. The lowest BCUT2D eigenvalue weighted by molar-refractivity contribution is -0.132. The lowest BCUT2D eigenvalue weighted by atomic mass is 10.2. The Balaban J connectivity index is 1.85. The number of benzene rings is 2. The lowest BCUT2D eigenvalue weighted by Gasteiger charge is -2.27. The molecule has 0 saturated carbocycles. The molecule has 0 spiro atoms. The van der Waals surface area contributed by atoms with E-state index in [1.54, 1.807) is 4.90 Å². The third-order valence-corrected chi connectivity index (χ3v) is 7.32. The Morgan fingerprint density at radius 2 is 1.66 bits per heavy atom. The van der Waals surface area contributed by atoms with Gasteiger partial charge in [0.15, 0.2) is 0 Å². The molecule has 32 heavy (non-hydrogen) atoms. The Labute approximate surface area is 195 Å². The molecule has 3 rings (SSSR count). The van der Waals surface area contributed by atoms with E-state index in [0.717, 1.165) is 11.3 Å². The number of amides is 1. The van der Waals surface area contributed by atoms with Gasteiger partial charge in [-0.15, -0.1) is 0 Å². The first-order valence-corrected chi connectivity index (χ1v) is 12.3. The zero-order chi connectivity index (χ0) is 23.1. The normalized spacial score (nSPS) is 11.6. The number of carbonyl (C=O) groups is 1. The van der Waals surface area contributed by atoms with Crippen LogP contribution in [0.5, 0.6) is 0 Å². The van der Waals surface area contributed by atoms with Crippen molar-refractivity contribution in [3.05, 3.63) is 89.2 Å². The Bertz CT molecular complexity index is 1130. The number of sulfonamides is 1. The van der Waals surface area contributed by atoms with Gasteiger partial charge in [-0.3, -0.25) is 4.79 Å². The fourth-order valence-corrected chi connectivity index (χ4v) is 5.04. The summed E-state index contributed by atoms with van der Waals surface area (Å²) in [5.41, 5.74) is 1.95. The summed E-state index contributed by atoms with van der Waals surface area (Å²) >= 11 is 5.91. The van der Waals surface area contributed by atoms with Crippen molar-refractivity contribution < 1.29 is 13.2 Å². The molecule has 0 atom stereocenters. The molecule has 1 heterocycles. The highest BCUT2D eigenvalue weighted by Gasteiger charge is 2.28. The fraction of sp³-hybridized carbons (Fsp3) is 0.292. The Morgan fingerprint density at radius 3 is 2.25 bits per heavy atom. The molecule has 0 radical (unpaired) electrons. The van der Waals surface area contributed by atoms with Crippen molar-refractivity contribution in [2.45, 2.75) is 31.3 Å². The summed E-state index contributed by atoms with van der Waals surface area (Å²) in [6.45, 7) is 2.70. The predicted octanol–water partition coefficient (Wildman–Crippen LogP) is 4.31. The van der Waals surface area contributed by atoms with Crippen molar-refractivity contribution in [2.24, 2.45) is 7.05 Å². The topological polar surface area (TPSA) is 62.6 Å². The van der Waals surface area contributed by atoms with Crippen molar-refractivity contribution in [3.8, 4) is 0 Å². The molecule has 0 bridgehead atoms. The van der Waals surface area contributed by atoms with Gasteiger partial charge >= 0.3 is 0 Å². The Morgan fingerprint density at radius 1 is 0.969 bits per heavy atom. The molecule has 0 aliphatic heterocycles. The van der Waals surface area contributed by atoms with Crippen molar-refractivity contribution in [1.82, 2.24) is 13.8 Å². The van der Waals surface area contributed by atoms with Gasteiger partial charge in [0.1, 0.15) is 0 Å². The van der Waals surface area contributed by atoms with Crippen LogP contribution in [0, 0.1) is 0 Å². The summed E-state index contributed by atoms with van der Waals surface area (Å²) < 4.78 is 29.7. The maximum absolute atomic E-state index is 13.4. The van der Waals surface area contributed by atoms with Crippen LogP contribution in [-0.4, -0.2) is 41.2 Å². The predicted molar refractivity (Wildman–Crippen MR) is 127 cm³/mol. The van der Waals surface area contributed by atoms with Gasteiger partial charge in [0, 0.05) is 37.1 Å². The average Bonchev–Trinajstić information content (AvgIpc) is 3.18. The molecule has 2 aromatic carbocycles. The summed E-state index contributed by atoms with van der Waals surface area (Å²) in [5, 5.41) is 0.457. The maximum atomic E-state index is 13.4. The third kappa shape index (κ3) is 6.00. The van der Waals surface area contributed by atoms with Gasteiger partial charge in [-0.05, 0) is 48.4 Å². The van der Waals surface area contributed by atoms with Gasteiger partial charge in [-0.25, -0.2) is 8.42 Å². The van der Waals surface area contributed by atoms with Crippen LogP contribution in [0.4, 0.5) is 0 Å². The number of nitrogens with zero attached hydrogens (tertiary/aromatic N) is 3. The number of aromatic nitrogens is 1. The third-order valence-electron chi connectivity index (χ3n) is 5.21. The zero-order valence-electron chi connectivity index (χ0n) is 18.3. The first kappa shape index (κ1) is 24.0. The first-order valence-electron chi connectivity index (χ1n) is 10.5. The van der Waals surface area contributed by atoms with E-state index in [-0.39, 0.29) is 23.9 Å². The number of hydrogen-bond donors (Lipinski definition) is 0. The molecule has 0 saturated heterocycles. The molecule has 0 unspecified atom stereocenters. The summed E-state index contributed by atoms with van der Waals surface area (Å²) in [4.78, 5) is 15.2. The van der Waals surface area contributed by atoms with Crippen LogP contribution < -0.4 is 0 Å². The van der Waals surface area contributed by atoms with Crippen LogP contribution in [0.1, 0.15) is 24.6 Å². The van der Waals surface area contributed by atoms with E-state index in [0.29, 0.717) is 24.5 Å². The van der Waals surface area contributed by atoms with Crippen LogP contribution >= 0.6 is 11.6 Å². The second-order valence-corrected chi connectivity index (χ2v) is 10.0. The van der Waals surface area contributed by atoms with Crippen molar-refractivity contribution in [1.29, 1.82) is 0 Å². The molecule has 8 heteroatoms. The molecular formula is C24H28ClN3O3S. The second kappa shape index (κ2) is 10.8. The number of rotatable bonds is 10. The van der Waals surface area contributed by atoms with Crippen LogP contribution in [0.3, 0.4) is 0 Å². The molecule has 0 N–H and O–H groups in total. The van der Waals surface area contributed by atoms with E-state index in [1.807, 2.05) is 67.2 Å². The number of hydrogen-bond acceptors (Lipinski definition) is 3. The Kier molecular flexibility index (Phi) is 8.12. The molecule has 0 fully saturated rings. The van der Waals surface area contributed by atoms with Gasteiger partial charge in [0.05, 0.1) is 18.0 Å². The highest BCUT2D eigenvalue weighted by molar-refractivity contribution is 7.89. The SMILES string of the molecule is CCCN(CC(=O)N(Cc1ccccc1)Cc1cccn1C)S(=O)(=O)c1ccc(Cl)cc1. The van der Waals surface area contributed by atoms with Crippen molar-refractivity contribution >= 4 is 27.5 Å². The van der Waals surface area contributed by atoms with E-state index in [1.165, 1.54) is 28.6 Å². The fourth-order valence-electron chi connectivity index (χ4n) is 3.43. The van der Waals surface area contributed by atoms with Gasteiger partial charge < -0.3 is 9.47 Å². The minimum atomic E-state index is -3.83. The van der Waals surface area contributed by atoms with Crippen LogP contribution in [0.25, 0.3) is 0 Å². The zero-order valence-corrected chi connectivity index (χ0v) is 19.9. The van der Waals surface area contributed by atoms with Gasteiger partial charge in [-0.2, -0.15) is 4.31 Å². The van der Waals surface area contributed by atoms with Crippen LogP contribution in [0.2, 0.25) is 5.02 Å². The Hall–Kier alpha value is -2.61. The quantitative estimate of drug-likeness (QED) is 0.441. The smallest absolute Gasteiger partial charge is 0.243 e. The summed E-state index contributed by atoms with van der Waals surface area (Å²) in [7, 11) is -1.90. The van der Waals surface area contributed by atoms with Crippen molar-refractivity contribution in [2.75, 3.05) is 13.1 Å². The summed E-state index contributed by atoms with van der Waals surface area (Å²) in [6.07, 6.45) is 2.52. The van der Waals surface area contributed by atoms with Crippen LogP contribution in [-0.2, 0) is 35.0 Å². The number of halogens is 1. The van der Waals surface area contributed by atoms with Crippen molar-refractivity contribution in [3.63, 3.8) is 0 Å². The lowest BCUT2D eigenvalue weighted by Crippen LogP contribution is -2.43. The van der Waals surface area contributed by atoms with E-state index >= 15 is 0 Å². The standard InChI is InChI=1S/C24H28ClN3O3S/c1-3-15-28(32(30,31)23-13-11-21(25)12-14-23)19-24(29)27(17-20-8-5-4-6-9-20)18-22-10-7-16-26(22)2/h4-14,16H,3,15,17-19H2,1-2H3. The van der Waals surface area contributed by atoms with Crippen LogP contribution in [0.15, 0.2) is 77.8 Å². The molecule has 1 aromatic heterocycles. The largest absolute Gasteiger partial charge is 0.353 e. The molecule has 1 amide bonds. The van der Waals surface area contributed by atoms with E-state index in [4.69, 9.17) is 11.6 Å². The molecular weight excluding hydrogens is 446 g/mol. The van der Waals surface area contributed by atoms with E-state index < -0.39 is 10.0 Å². The highest BCUT2D eigenvalue weighted by Crippen LogP contribution is 2.20. The maximum Gasteiger partial charge on any atom is 0.243 e. The monoisotopic (exact) mass is 473 g/mol. The minimum Gasteiger partial charge on any atom is -0.353 e. The minimum absolute atomic E-state index is 0.125. The number of carbonyl (C=O) groups excluding carboxylic acids is 1. The van der Waals surface area contributed by atoms with E-state index in [9.17, 15) is 13.2 Å². The molecule has 3 aromatic rings. The molecule has 6 nitrogen and oxygen atoms in total. The first-order chi connectivity index (χ1) is 15.3. The van der Waals surface area contributed by atoms with Gasteiger partial charge in [0.25, 0.3) is 0 Å².